The van der Waals surface area contributed by atoms with Gasteiger partial charge >= 0.3 is 5.97 Å². The van der Waals surface area contributed by atoms with E-state index in [9.17, 15) is 14.4 Å². The topological polar surface area (TPSA) is 85.4 Å². The summed E-state index contributed by atoms with van der Waals surface area (Å²) in [5.74, 6) is -1.37. The smallest absolute Gasteiger partial charge is 0.311 e. The number of amides is 2. The minimum atomic E-state index is -0.828. The van der Waals surface area contributed by atoms with Crippen LogP contribution < -0.4 is 0 Å². The van der Waals surface area contributed by atoms with Gasteiger partial charge in [-0.3, -0.25) is 19.2 Å². The summed E-state index contributed by atoms with van der Waals surface area (Å²) in [6.45, 7) is 1.34. The van der Waals surface area contributed by atoms with Gasteiger partial charge in [-0.15, -0.1) is 0 Å². The maximum atomic E-state index is 13.2. The summed E-state index contributed by atoms with van der Waals surface area (Å²) in [6.07, 6.45) is 0.896. The summed E-state index contributed by atoms with van der Waals surface area (Å²) < 4.78 is 10.0. The molecule has 2 heterocycles. The third kappa shape index (κ3) is 4.56. The zero-order valence-electron chi connectivity index (χ0n) is 19.6. The molecular formula is C26H30N2O6. The van der Waals surface area contributed by atoms with Crippen LogP contribution in [0.25, 0.3) is 11.1 Å². The second kappa shape index (κ2) is 10.4. The molecule has 2 aromatic carbocycles. The van der Waals surface area contributed by atoms with Gasteiger partial charge in [0, 0.05) is 32.2 Å². The number of likely N-dealkylation sites (tertiary alicyclic amines) is 1. The number of esters is 1. The average molecular weight is 467 g/mol. The van der Waals surface area contributed by atoms with Crippen LogP contribution in [0, 0.1) is 5.92 Å². The predicted octanol–water partition coefficient (Wildman–Crippen LogP) is 2.93. The molecule has 2 aromatic rings. The van der Waals surface area contributed by atoms with Gasteiger partial charge in [-0.25, -0.2) is 5.06 Å². The molecule has 1 atom stereocenters. The van der Waals surface area contributed by atoms with Gasteiger partial charge in [0.15, 0.2) is 0 Å². The van der Waals surface area contributed by atoms with E-state index in [1.807, 2.05) is 54.6 Å². The number of hydroxylamine groups is 2. The number of nitrogens with zero attached hydrogens (tertiary/aromatic N) is 2. The molecule has 2 aliphatic rings. The van der Waals surface area contributed by atoms with Crippen molar-refractivity contribution in [1.29, 1.82) is 0 Å². The van der Waals surface area contributed by atoms with E-state index in [1.54, 1.807) is 12.0 Å². The van der Waals surface area contributed by atoms with Gasteiger partial charge in [0.05, 0.1) is 31.8 Å². The van der Waals surface area contributed by atoms with Crippen molar-refractivity contribution >= 4 is 17.8 Å². The highest BCUT2D eigenvalue weighted by Crippen LogP contribution is 2.44. The molecule has 8 heteroatoms. The average Bonchev–Trinajstić information content (AvgIpc) is 3.15. The number of ether oxygens (including phenoxy) is 2. The van der Waals surface area contributed by atoms with Crippen LogP contribution in [0.4, 0.5) is 0 Å². The highest BCUT2D eigenvalue weighted by atomic mass is 16.7. The fourth-order valence-corrected chi connectivity index (χ4v) is 4.96. The van der Waals surface area contributed by atoms with Crippen LogP contribution in [-0.2, 0) is 23.9 Å². The lowest BCUT2D eigenvalue weighted by Gasteiger charge is -2.45. The molecule has 0 radical (unpaired) electrons. The maximum Gasteiger partial charge on any atom is 0.311 e. The maximum absolute atomic E-state index is 13.2. The molecule has 0 N–H and O–H groups in total. The predicted molar refractivity (Wildman–Crippen MR) is 125 cm³/mol. The van der Waals surface area contributed by atoms with E-state index in [0.29, 0.717) is 38.1 Å². The molecule has 0 saturated carbocycles. The molecule has 2 saturated heterocycles. The zero-order chi connectivity index (χ0) is 24.1. The van der Waals surface area contributed by atoms with Gasteiger partial charge in [0.1, 0.15) is 0 Å². The lowest BCUT2D eigenvalue weighted by molar-refractivity contribution is -0.226. The van der Waals surface area contributed by atoms with Gasteiger partial charge in [-0.2, -0.15) is 0 Å². The van der Waals surface area contributed by atoms with Gasteiger partial charge < -0.3 is 14.4 Å². The fraction of sp³-hybridized carbons (Fsp3) is 0.423. The Bertz CT molecular complexity index is 1020. The first-order valence-corrected chi connectivity index (χ1v) is 11.5. The lowest BCUT2D eigenvalue weighted by atomic mass is 9.77. The van der Waals surface area contributed by atoms with Gasteiger partial charge in [-0.1, -0.05) is 42.5 Å². The third-order valence-corrected chi connectivity index (χ3v) is 6.81. The number of piperidine rings is 1. The van der Waals surface area contributed by atoms with Gasteiger partial charge in [-0.05, 0) is 36.1 Å². The molecule has 0 bridgehead atoms. The Kier molecular flexibility index (Phi) is 7.29. The molecule has 8 nitrogen and oxygen atoms in total. The minimum absolute atomic E-state index is 0.0363. The second-order valence-electron chi connectivity index (χ2n) is 8.63. The summed E-state index contributed by atoms with van der Waals surface area (Å²) in [4.78, 5) is 46.0. The first kappa shape index (κ1) is 23.9. The molecule has 0 aliphatic carbocycles. The Morgan fingerprint density at radius 2 is 1.59 bits per heavy atom. The molecule has 34 heavy (non-hydrogen) atoms. The molecule has 0 unspecified atom stereocenters. The van der Waals surface area contributed by atoms with E-state index in [0.717, 1.165) is 11.1 Å². The van der Waals surface area contributed by atoms with Crippen LogP contribution in [0.3, 0.4) is 0 Å². The number of benzene rings is 2. The van der Waals surface area contributed by atoms with E-state index >= 15 is 0 Å². The number of hydrogen-bond donors (Lipinski definition) is 0. The molecule has 2 fully saturated rings. The monoisotopic (exact) mass is 466 g/mol. The molecule has 4 rings (SSSR count). The summed E-state index contributed by atoms with van der Waals surface area (Å²) in [6, 6.07) is 17.6. The summed E-state index contributed by atoms with van der Waals surface area (Å²) in [5, 5.41) is 1.35. The van der Waals surface area contributed by atoms with Crippen LogP contribution in [0.2, 0.25) is 0 Å². The van der Waals surface area contributed by atoms with Crippen molar-refractivity contribution in [1.82, 2.24) is 9.96 Å². The Morgan fingerprint density at radius 1 is 0.941 bits per heavy atom. The van der Waals surface area contributed by atoms with E-state index < -0.39 is 17.4 Å². The summed E-state index contributed by atoms with van der Waals surface area (Å²) in [5.41, 5.74) is 1.92. The Balaban J connectivity index is 1.47. The number of rotatable bonds is 7. The summed E-state index contributed by atoms with van der Waals surface area (Å²) in [7, 11) is 2.88. The molecule has 0 aromatic heterocycles. The van der Waals surface area contributed by atoms with Crippen LogP contribution in [0.1, 0.15) is 29.6 Å². The number of hydrogen-bond acceptors (Lipinski definition) is 6. The van der Waals surface area contributed by atoms with E-state index in [-0.39, 0.29) is 24.8 Å². The Hall–Kier alpha value is -3.23. The zero-order valence-corrected chi connectivity index (χ0v) is 19.6. The third-order valence-electron chi connectivity index (χ3n) is 6.81. The van der Waals surface area contributed by atoms with Crippen molar-refractivity contribution in [2.45, 2.75) is 24.8 Å². The van der Waals surface area contributed by atoms with E-state index in [4.69, 9.17) is 14.3 Å². The van der Waals surface area contributed by atoms with Crippen LogP contribution in [-0.4, -0.2) is 73.8 Å². The first-order chi connectivity index (χ1) is 16.5. The first-order valence-electron chi connectivity index (χ1n) is 11.5. The summed E-state index contributed by atoms with van der Waals surface area (Å²) >= 11 is 0. The van der Waals surface area contributed by atoms with E-state index in [2.05, 4.69) is 0 Å². The van der Waals surface area contributed by atoms with Crippen molar-refractivity contribution in [3.8, 4) is 11.1 Å². The van der Waals surface area contributed by atoms with Crippen molar-refractivity contribution in [2.24, 2.45) is 5.92 Å². The lowest BCUT2D eigenvalue weighted by Crippen LogP contribution is -2.58. The highest BCUT2D eigenvalue weighted by molar-refractivity contribution is 5.95. The van der Waals surface area contributed by atoms with Gasteiger partial charge in [0.25, 0.3) is 5.91 Å². The van der Waals surface area contributed by atoms with Crippen molar-refractivity contribution in [3.63, 3.8) is 0 Å². The largest absolute Gasteiger partial charge is 0.469 e. The van der Waals surface area contributed by atoms with E-state index in [1.165, 1.54) is 12.2 Å². The quantitative estimate of drug-likeness (QED) is 0.461. The Labute approximate surface area is 199 Å². The molecule has 2 aliphatic heterocycles. The second-order valence-corrected chi connectivity index (χ2v) is 8.63. The fourth-order valence-electron chi connectivity index (χ4n) is 4.96. The van der Waals surface area contributed by atoms with Crippen LogP contribution >= 0.6 is 0 Å². The van der Waals surface area contributed by atoms with Crippen molar-refractivity contribution in [3.05, 3.63) is 60.2 Å². The normalized spacial score (nSPS) is 19.5. The van der Waals surface area contributed by atoms with Crippen LogP contribution in [0.5, 0.6) is 0 Å². The number of carbonyl (C=O) groups is 3. The minimum Gasteiger partial charge on any atom is -0.469 e. The number of carbonyl (C=O) groups excluding carboxylic acids is 3. The van der Waals surface area contributed by atoms with Crippen molar-refractivity contribution in [2.75, 3.05) is 40.5 Å². The number of methoxy groups -OCH3 is 2. The molecule has 2 amide bonds. The standard InChI is InChI=1S/C26H30N2O6/c1-32-16-17-34-28-23(29)18-22(25(31)33-2)26(28)12-14-27(15-13-26)24(30)21-10-8-20(9-11-21)19-6-4-3-5-7-19/h3-11,22H,12-18H2,1-2H3/t22-/m1/s1. The SMILES string of the molecule is COCCON1C(=O)C[C@H](C(=O)OC)C12CCN(C(=O)c1ccc(-c3ccccc3)cc1)CC2. The highest BCUT2D eigenvalue weighted by Gasteiger charge is 2.58. The van der Waals surface area contributed by atoms with Gasteiger partial charge in [0.2, 0.25) is 5.91 Å². The van der Waals surface area contributed by atoms with Crippen molar-refractivity contribution < 1.29 is 28.7 Å². The van der Waals surface area contributed by atoms with Crippen LogP contribution in [0.15, 0.2) is 54.6 Å². The molecular weight excluding hydrogens is 436 g/mol. The molecule has 1 spiro atoms. The Morgan fingerprint density at radius 3 is 2.21 bits per heavy atom. The molecule has 180 valence electrons.